The topological polar surface area (TPSA) is 94.5 Å². The van der Waals surface area contributed by atoms with E-state index < -0.39 is 17.7 Å². The average molecular weight is 546 g/mol. The number of carbonyl (C=O) groups excluding carboxylic acids is 2. The van der Waals surface area contributed by atoms with Gasteiger partial charge in [0.2, 0.25) is 0 Å². The van der Waals surface area contributed by atoms with Gasteiger partial charge in [0.25, 0.3) is 11.7 Å². The van der Waals surface area contributed by atoms with Crippen LogP contribution >= 0.6 is 0 Å². The van der Waals surface area contributed by atoms with Crippen molar-refractivity contribution in [2.75, 3.05) is 34.0 Å². The molecule has 0 unspecified atom stereocenters. The Labute approximate surface area is 234 Å². The molecule has 40 heavy (non-hydrogen) atoms. The second kappa shape index (κ2) is 13.2. The Kier molecular flexibility index (Phi) is 9.45. The molecule has 1 N–H and O–H groups in total. The van der Waals surface area contributed by atoms with Gasteiger partial charge in [0.15, 0.2) is 11.5 Å². The van der Waals surface area contributed by atoms with E-state index in [1.54, 1.807) is 37.4 Å². The van der Waals surface area contributed by atoms with E-state index in [2.05, 4.69) is 0 Å². The molecule has 8 heteroatoms. The second-order valence-corrected chi connectivity index (χ2v) is 9.43. The molecule has 0 aromatic heterocycles. The molecule has 3 aromatic carbocycles. The number of carbonyl (C=O) groups is 2. The summed E-state index contributed by atoms with van der Waals surface area (Å²) in [6.07, 6.45) is 0.528. The van der Waals surface area contributed by atoms with Gasteiger partial charge < -0.3 is 29.0 Å². The van der Waals surface area contributed by atoms with Crippen LogP contribution in [0.1, 0.15) is 41.6 Å². The van der Waals surface area contributed by atoms with Crippen LogP contribution in [0.15, 0.2) is 72.3 Å². The highest BCUT2D eigenvalue weighted by Gasteiger charge is 2.46. The summed E-state index contributed by atoms with van der Waals surface area (Å²) in [6.45, 7) is 5.26. The Morgan fingerprint density at radius 1 is 0.950 bits per heavy atom. The van der Waals surface area contributed by atoms with E-state index in [1.165, 1.54) is 12.0 Å². The summed E-state index contributed by atoms with van der Waals surface area (Å²) in [5, 5.41) is 11.5. The van der Waals surface area contributed by atoms with Crippen LogP contribution in [0.4, 0.5) is 0 Å². The van der Waals surface area contributed by atoms with Gasteiger partial charge in [-0.25, -0.2) is 0 Å². The van der Waals surface area contributed by atoms with Crippen molar-refractivity contribution in [1.29, 1.82) is 0 Å². The highest BCUT2D eigenvalue weighted by atomic mass is 16.5. The van der Waals surface area contributed by atoms with Crippen molar-refractivity contribution in [1.82, 2.24) is 4.90 Å². The number of aliphatic hydroxyl groups is 1. The first-order valence-corrected chi connectivity index (χ1v) is 13.2. The highest BCUT2D eigenvalue weighted by Crippen LogP contribution is 2.42. The van der Waals surface area contributed by atoms with Gasteiger partial charge in [-0.05, 0) is 67.3 Å². The van der Waals surface area contributed by atoms with Crippen LogP contribution in [0.25, 0.3) is 5.76 Å². The Bertz CT molecular complexity index is 1380. The second-order valence-electron chi connectivity index (χ2n) is 9.43. The molecule has 1 aliphatic rings. The molecule has 3 aromatic rings. The smallest absolute Gasteiger partial charge is 0.295 e. The summed E-state index contributed by atoms with van der Waals surface area (Å²) in [5.74, 6) is 0.000708. The first-order chi connectivity index (χ1) is 19.4. The number of benzene rings is 3. The lowest BCUT2D eigenvalue weighted by atomic mass is 9.93. The highest BCUT2D eigenvalue weighted by molar-refractivity contribution is 6.46. The van der Waals surface area contributed by atoms with Crippen molar-refractivity contribution < 1.29 is 33.6 Å². The molecule has 4 rings (SSSR count). The van der Waals surface area contributed by atoms with Gasteiger partial charge in [-0.3, -0.25) is 9.59 Å². The monoisotopic (exact) mass is 545 g/mol. The van der Waals surface area contributed by atoms with Crippen molar-refractivity contribution >= 4 is 17.4 Å². The minimum atomic E-state index is -0.810. The van der Waals surface area contributed by atoms with Gasteiger partial charge in [-0.1, -0.05) is 36.4 Å². The number of aryl methyl sites for hydroxylation is 1. The predicted octanol–water partition coefficient (Wildman–Crippen LogP) is 5.44. The van der Waals surface area contributed by atoms with Crippen molar-refractivity contribution in [2.24, 2.45) is 0 Å². The van der Waals surface area contributed by atoms with E-state index in [4.69, 9.17) is 18.9 Å². The van der Waals surface area contributed by atoms with Crippen LogP contribution in [0.5, 0.6) is 17.2 Å². The molecule has 210 valence electrons. The molecule has 0 saturated carbocycles. The summed E-state index contributed by atoms with van der Waals surface area (Å²) in [5.41, 5.74) is 2.83. The van der Waals surface area contributed by atoms with Crippen molar-refractivity contribution in [3.05, 3.63) is 94.6 Å². The predicted molar refractivity (Wildman–Crippen MR) is 152 cm³/mol. The molecule has 0 radical (unpaired) electrons. The molecule has 8 nitrogen and oxygen atoms in total. The number of Topliss-reactive ketones (excluding diaryl/α,β-unsaturated/α-hetero) is 1. The Morgan fingerprint density at radius 2 is 1.73 bits per heavy atom. The SMILES string of the molecule is CCOc1ccc([C@@H]2/C(=C(\O)c3ccc(OCc4ccccc4)cc3C)C(=O)C(=O)N2CCCOC)cc1OC. The van der Waals surface area contributed by atoms with Crippen molar-refractivity contribution in [3.8, 4) is 17.2 Å². The molecular formula is C32H35NO7. The van der Waals surface area contributed by atoms with Crippen LogP contribution in [0, 0.1) is 6.92 Å². The van der Waals surface area contributed by atoms with Crippen LogP contribution in [0.3, 0.4) is 0 Å². The quantitative estimate of drug-likeness (QED) is 0.140. The van der Waals surface area contributed by atoms with Gasteiger partial charge in [0, 0.05) is 25.8 Å². The molecule has 1 saturated heterocycles. The lowest BCUT2D eigenvalue weighted by molar-refractivity contribution is -0.140. The molecule has 1 atom stereocenters. The fourth-order valence-corrected chi connectivity index (χ4v) is 4.84. The third-order valence-corrected chi connectivity index (χ3v) is 6.79. The Balaban J connectivity index is 1.73. The molecule has 1 amide bonds. The number of aliphatic hydroxyl groups excluding tert-OH is 1. The molecule has 0 bridgehead atoms. The number of likely N-dealkylation sites (tertiary alicyclic amines) is 1. The number of amides is 1. The van der Waals surface area contributed by atoms with E-state index in [-0.39, 0.29) is 17.9 Å². The molecular weight excluding hydrogens is 510 g/mol. The summed E-state index contributed by atoms with van der Waals surface area (Å²) in [6, 6.07) is 19.5. The van der Waals surface area contributed by atoms with Gasteiger partial charge in [0.1, 0.15) is 18.1 Å². The molecule has 1 fully saturated rings. The number of rotatable bonds is 12. The van der Waals surface area contributed by atoms with Gasteiger partial charge in [-0.15, -0.1) is 0 Å². The number of methoxy groups -OCH3 is 2. The van der Waals surface area contributed by atoms with E-state index in [0.717, 1.165) is 5.56 Å². The standard InChI is InChI=1S/C32H35NO7/c1-5-39-26-15-12-23(19-27(26)38-4)29-28(31(35)32(36)33(29)16-9-17-37-3)30(34)25-14-13-24(18-21(25)2)40-20-22-10-7-6-8-11-22/h6-8,10-15,18-19,29,34H,5,9,16-17,20H2,1-4H3/b30-28+/t29-/m1/s1. The Hall–Kier alpha value is -4.30. The lowest BCUT2D eigenvalue weighted by Gasteiger charge is -2.26. The molecule has 1 aliphatic heterocycles. The van der Waals surface area contributed by atoms with Gasteiger partial charge >= 0.3 is 0 Å². The first kappa shape index (κ1) is 28.7. The van der Waals surface area contributed by atoms with E-state index in [0.29, 0.717) is 60.2 Å². The normalized spacial score (nSPS) is 16.3. The van der Waals surface area contributed by atoms with E-state index >= 15 is 0 Å². The van der Waals surface area contributed by atoms with Crippen LogP contribution < -0.4 is 14.2 Å². The zero-order valence-electron chi connectivity index (χ0n) is 23.3. The fraction of sp³-hybridized carbons (Fsp3) is 0.312. The van der Waals surface area contributed by atoms with Crippen molar-refractivity contribution in [2.45, 2.75) is 32.9 Å². The molecule has 0 aliphatic carbocycles. The maximum atomic E-state index is 13.4. The summed E-state index contributed by atoms with van der Waals surface area (Å²) in [4.78, 5) is 28.1. The summed E-state index contributed by atoms with van der Waals surface area (Å²) in [7, 11) is 3.11. The minimum absolute atomic E-state index is 0.0229. The maximum absolute atomic E-state index is 13.4. The maximum Gasteiger partial charge on any atom is 0.295 e. The third kappa shape index (κ3) is 6.13. The van der Waals surface area contributed by atoms with Crippen LogP contribution in [-0.2, 0) is 20.9 Å². The zero-order chi connectivity index (χ0) is 28.6. The van der Waals surface area contributed by atoms with E-state index in [9.17, 15) is 14.7 Å². The Morgan fingerprint density at radius 3 is 2.40 bits per heavy atom. The summed E-state index contributed by atoms with van der Waals surface area (Å²) < 4.78 is 22.3. The van der Waals surface area contributed by atoms with Gasteiger partial charge in [0.05, 0.1) is 25.3 Å². The number of ketones is 1. The number of hydrogen-bond acceptors (Lipinski definition) is 7. The zero-order valence-corrected chi connectivity index (χ0v) is 23.3. The number of nitrogens with zero attached hydrogens (tertiary/aromatic N) is 1. The van der Waals surface area contributed by atoms with Crippen LogP contribution in [-0.4, -0.2) is 55.7 Å². The minimum Gasteiger partial charge on any atom is -0.507 e. The van der Waals surface area contributed by atoms with Crippen LogP contribution in [0.2, 0.25) is 0 Å². The third-order valence-electron chi connectivity index (χ3n) is 6.79. The average Bonchev–Trinajstić information content (AvgIpc) is 3.22. The van der Waals surface area contributed by atoms with Gasteiger partial charge in [-0.2, -0.15) is 0 Å². The number of ether oxygens (including phenoxy) is 4. The lowest BCUT2D eigenvalue weighted by Crippen LogP contribution is -2.31. The largest absolute Gasteiger partial charge is 0.507 e. The van der Waals surface area contributed by atoms with E-state index in [1.807, 2.05) is 50.2 Å². The van der Waals surface area contributed by atoms with Crippen molar-refractivity contribution in [3.63, 3.8) is 0 Å². The summed E-state index contributed by atoms with van der Waals surface area (Å²) >= 11 is 0. The molecule has 1 heterocycles. The fourth-order valence-electron chi connectivity index (χ4n) is 4.84. The number of hydrogen-bond donors (Lipinski definition) is 1. The first-order valence-electron chi connectivity index (χ1n) is 13.2. The molecule has 0 spiro atoms.